The van der Waals surface area contributed by atoms with Gasteiger partial charge in [0.2, 0.25) is 5.82 Å². The van der Waals surface area contributed by atoms with Crippen molar-refractivity contribution >= 4 is 5.91 Å². The second-order valence-corrected chi connectivity index (χ2v) is 6.62. The van der Waals surface area contributed by atoms with Gasteiger partial charge >= 0.3 is 0 Å². The summed E-state index contributed by atoms with van der Waals surface area (Å²) in [5, 5.41) is 10.8. The summed E-state index contributed by atoms with van der Waals surface area (Å²) in [5.41, 5.74) is 2.17. The third kappa shape index (κ3) is 3.48. The Hall–Kier alpha value is -2.21. The van der Waals surface area contributed by atoms with Crippen LogP contribution < -0.4 is 10.6 Å². The van der Waals surface area contributed by atoms with E-state index < -0.39 is 0 Å². The highest BCUT2D eigenvalue weighted by Gasteiger charge is 2.21. The molecule has 1 aliphatic heterocycles. The third-order valence-corrected chi connectivity index (χ3v) is 4.39. The van der Waals surface area contributed by atoms with Crippen LogP contribution in [0.4, 0.5) is 0 Å². The molecule has 0 spiro atoms. The Kier molecular flexibility index (Phi) is 4.94. The Balaban J connectivity index is 1.84. The standard InChI is InChI=1S/C18H25N5O/c1-12(2)15-8-4-5-9-16(15)23-13(3)20-17(22-23)18(24)21-14-7-6-10-19-11-14/h4-5,8-9,12,14,19H,6-7,10-11H2,1-3H3,(H,21,24). The lowest BCUT2D eigenvalue weighted by Crippen LogP contribution is -2.45. The fourth-order valence-electron chi connectivity index (χ4n) is 3.11. The van der Waals surface area contributed by atoms with Gasteiger partial charge in [-0.25, -0.2) is 9.67 Å². The molecule has 0 bridgehead atoms. The van der Waals surface area contributed by atoms with Crippen molar-refractivity contribution < 1.29 is 4.79 Å². The number of amides is 1. The van der Waals surface area contributed by atoms with E-state index in [1.54, 1.807) is 4.68 Å². The summed E-state index contributed by atoms with van der Waals surface area (Å²) in [7, 11) is 0. The SMILES string of the molecule is Cc1nc(C(=O)NC2CCCNC2)nn1-c1ccccc1C(C)C. The predicted molar refractivity (Wildman–Crippen MR) is 93.5 cm³/mol. The van der Waals surface area contributed by atoms with Crippen LogP contribution >= 0.6 is 0 Å². The van der Waals surface area contributed by atoms with Gasteiger partial charge in [0.25, 0.3) is 5.91 Å². The molecule has 0 aliphatic carbocycles. The maximum Gasteiger partial charge on any atom is 0.291 e. The Morgan fingerprint density at radius 1 is 1.38 bits per heavy atom. The van der Waals surface area contributed by atoms with E-state index in [2.05, 4.69) is 40.6 Å². The van der Waals surface area contributed by atoms with Crippen LogP contribution in [0, 0.1) is 6.92 Å². The first-order valence-electron chi connectivity index (χ1n) is 8.61. The number of piperidine rings is 1. The molecule has 2 aromatic rings. The quantitative estimate of drug-likeness (QED) is 0.903. The fraction of sp³-hybridized carbons (Fsp3) is 0.500. The van der Waals surface area contributed by atoms with Gasteiger partial charge < -0.3 is 10.6 Å². The fourth-order valence-corrected chi connectivity index (χ4v) is 3.11. The minimum atomic E-state index is -0.201. The molecule has 24 heavy (non-hydrogen) atoms. The van der Waals surface area contributed by atoms with Crippen LogP contribution in [0.1, 0.15) is 54.6 Å². The summed E-state index contributed by atoms with van der Waals surface area (Å²) in [4.78, 5) is 16.8. The van der Waals surface area contributed by atoms with Gasteiger partial charge in [-0.15, -0.1) is 5.10 Å². The van der Waals surface area contributed by atoms with Gasteiger partial charge in [-0.2, -0.15) is 0 Å². The average molecular weight is 327 g/mol. The van der Waals surface area contributed by atoms with Gasteiger partial charge in [0, 0.05) is 12.6 Å². The maximum atomic E-state index is 12.5. The van der Waals surface area contributed by atoms with Crippen LogP contribution in [-0.2, 0) is 0 Å². The van der Waals surface area contributed by atoms with E-state index in [0.29, 0.717) is 5.92 Å². The van der Waals surface area contributed by atoms with Gasteiger partial charge in [0.05, 0.1) is 5.69 Å². The number of nitrogens with zero attached hydrogens (tertiary/aromatic N) is 3. The summed E-state index contributed by atoms with van der Waals surface area (Å²) >= 11 is 0. The highest BCUT2D eigenvalue weighted by Crippen LogP contribution is 2.23. The third-order valence-electron chi connectivity index (χ3n) is 4.39. The van der Waals surface area contributed by atoms with Gasteiger partial charge in [-0.1, -0.05) is 32.0 Å². The highest BCUT2D eigenvalue weighted by atomic mass is 16.2. The molecule has 6 heteroatoms. The van der Waals surface area contributed by atoms with Crippen molar-refractivity contribution in [3.63, 3.8) is 0 Å². The molecule has 1 aromatic carbocycles. The summed E-state index contributed by atoms with van der Waals surface area (Å²) in [5.74, 6) is 1.12. The van der Waals surface area contributed by atoms with Crippen molar-refractivity contribution in [2.24, 2.45) is 0 Å². The number of hydrogen-bond acceptors (Lipinski definition) is 4. The molecule has 128 valence electrons. The Labute approximate surface area is 142 Å². The van der Waals surface area contributed by atoms with Crippen molar-refractivity contribution in [3.05, 3.63) is 41.5 Å². The number of para-hydroxylation sites is 1. The van der Waals surface area contributed by atoms with Crippen molar-refractivity contribution in [3.8, 4) is 5.69 Å². The number of aromatic nitrogens is 3. The molecule has 1 amide bonds. The minimum absolute atomic E-state index is 0.154. The van der Waals surface area contributed by atoms with E-state index in [-0.39, 0.29) is 17.8 Å². The van der Waals surface area contributed by atoms with Crippen molar-refractivity contribution in [1.82, 2.24) is 25.4 Å². The van der Waals surface area contributed by atoms with Gasteiger partial charge in [0.1, 0.15) is 5.82 Å². The lowest BCUT2D eigenvalue weighted by molar-refractivity contribution is 0.0920. The number of rotatable bonds is 4. The summed E-state index contributed by atoms with van der Waals surface area (Å²) in [6.45, 7) is 8.00. The van der Waals surface area contributed by atoms with E-state index >= 15 is 0 Å². The molecule has 3 rings (SSSR count). The number of hydrogen-bond donors (Lipinski definition) is 2. The second-order valence-electron chi connectivity index (χ2n) is 6.62. The Morgan fingerprint density at radius 2 is 2.17 bits per heavy atom. The van der Waals surface area contributed by atoms with Crippen LogP contribution in [0.2, 0.25) is 0 Å². The monoisotopic (exact) mass is 327 g/mol. The number of benzene rings is 1. The molecular formula is C18H25N5O. The normalized spacial score (nSPS) is 17.9. The molecule has 1 aliphatic rings. The molecular weight excluding hydrogens is 302 g/mol. The minimum Gasteiger partial charge on any atom is -0.345 e. The molecule has 0 radical (unpaired) electrons. The lowest BCUT2D eigenvalue weighted by atomic mass is 10.0. The molecule has 1 fully saturated rings. The molecule has 1 aromatic heterocycles. The zero-order valence-corrected chi connectivity index (χ0v) is 14.5. The van der Waals surface area contributed by atoms with E-state index in [0.717, 1.165) is 37.4 Å². The van der Waals surface area contributed by atoms with Crippen molar-refractivity contribution in [2.75, 3.05) is 13.1 Å². The van der Waals surface area contributed by atoms with Gasteiger partial charge in [-0.05, 0) is 43.9 Å². The van der Waals surface area contributed by atoms with Crippen molar-refractivity contribution in [2.45, 2.75) is 45.6 Å². The van der Waals surface area contributed by atoms with Crippen LogP contribution in [0.25, 0.3) is 5.69 Å². The van der Waals surface area contributed by atoms with Crippen LogP contribution in [0.15, 0.2) is 24.3 Å². The largest absolute Gasteiger partial charge is 0.345 e. The smallest absolute Gasteiger partial charge is 0.291 e. The summed E-state index contributed by atoms with van der Waals surface area (Å²) in [6, 6.07) is 8.27. The number of aryl methyl sites for hydroxylation is 1. The molecule has 0 saturated carbocycles. The van der Waals surface area contributed by atoms with Gasteiger partial charge in [-0.3, -0.25) is 4.79 Å². The Morgan fingerprint density at radius 3 is 2.88 bits per heavy atom. The van der Waals surface area contributed by atoms with Crippen LogP contribution in [0.5, 0.6) is 0 Å². The van der Waals surface area contributed by atoms with Crippen molar-refractivity contribution in [1.29, 1.82) is 0 Å². The molecule has 1 saturated heterocycles. The number of nitrogens with one attached hydrogen (secondary N) is 2. The number of carbonyl (C=O) groups excluding carboxylic acids is 1. The number of carbonyl (C=O) groups is 1. The predicted octanol–water partition coefficient (Wildman–Crippen LogP) is 2.18. The first-order valence-corrected chi connectivity index (χ1v) is 8.61. The van der Waals surface area contributed by atoms with E-state index in [9.17, 15) is 4.79 Å². The summed E-state index contributed by atoms with van der Waals surface area (Å²) in [6.07, 6.45) is 2.07. The van der Waals surface area contributed by atoms with Crippen LogP contribution in [0.3, 0.4) is 0 Å². The summed E-state index contributed by atoms with van der Waals surface area (Å²) < 4.78 is 1.77. The average Bonchev–Trinajstić information content (AvgIpc) is 2.97. The lowest BCUT2D eigenvalue weighted by Gasteiger charge is -2.23. The topological polar surface area (TPSA) is 71.8 Å². The van der Waals surface area contributed by atoms with E-state index in [4.69, 9.17) is 0 Å². The molecule has 1 unspecified atom stereocenters. The van der Waals surface area contributed by atoms with Gasteiger partial charge in [0.15, 0.2) is 0 Å². The zero-order chi connectivity index (χ0) is 17.1. The molecule has 6 nitrogen and oxygen atoms in total. The van der Waals surface area contributed by atoms with E-state index in [1.807, 2.05) is 25.1 Å². The maximum absolute atomic E-state index is 12.5. The molecule has 2 heterocycles. The molecule has 1 atom stereocenters. The Bertz CT molecular complexity index is 716. The zero-order valence-electron chi connectivity index (χ0n) is 14.5. The first-order chi connectivity index (χ1) is 11.6. The first kappa shape index (κ1) is 16.6. The highest BCUT2D eigenvalue weighted by molar-refractivity contribution is 5.90. The molecule has 2 N–H and O–H groups in total. The van der Waals surface area contributed by atoms with Crippen LogP contribution in [-0.4, -0.2) is 39.8 Å². The van der Waals surface area contributed by atoms with E-state index in [1.165, 1.54) is 5.56 Å². The second kappa shape index (κ2) is 7.13.